The quantitative estimate of drug-likeness (QED) is 0.914. The Balaban J connectivity index is 2.12. The lowest BCUT2D eigenvalue weighted by Gasteiger charge is -2.43. The van der Waals surface area contributed by atoms with E-state index in [1.54, 1.807) is 0 Å². The molecule has 1 aromatic rings. The van der Waals surface area contributed by atoms with Crippen LogP contribution in [0.25, 0.3) is 0 Å². The zero-order valence-corrected chi connectivity index (χ0v) is 14.5. The molecule has 1 aliphatic heterocycles. The first kappa shape index (κ1) is 16.6. The molecule has 1 unspecified atom stereocenters. The number of morpholine rings is 1. The molecule has 21 heavy (non-hydrogen) atoms. The number of halogens is 1. The van der Waals surface area contributed by atoms with E-state index < -0.39 is 0 Å². The highest BCUT2D eigenvalue weighted by molar-refractivity contribution is 6.31. The van der Waals surface area contributed by atoms with Crippen molar-refractivity contribution in [3.05, 3.63) is 28.8 Å². The first-order valence-corrected chi connectivity index (χ1v) is 8.09. The van der Waals surface area contributed by atoms with Gasteiger partial charge in [-0.25, -0.2) is 0 Å². The Hall–Kier alpha value is -0.770. The lowest BCUT2D eigenvalue weighted by atomic mass is 10.0. The van der Waals surface area contributed by atoms with E-state index in [9.17, 15) is 0 Å². The van der Waals surface area contributed by atoms with Crippen molar-refractivity contribution in [2.45, 2.75) is 58.9 Å². The second kappa shape index (κ2) is 6.55. The Kier molecular flexibility index (Phi) is 5.18. The highest BCUT2D eigenvalue weighted by atomic mass is 35.5. The fourth-order valence-electron chi connectivity index (χ4n) is 2.84. The third kappa shape index (κ3) is 4.60. The minimum Gasteiger partial charge on any atom is -0.369 e. The average Bonchev–Trinajstić information content (AvgIpc) is 2.34. The summed E-state index contributed by atoms with van der Waals surface area (Å²) in [6.45, 7) is 13.3. The summed E-state index contributed by atoms with van der Waals surface area (Å²) in [4.78, 5) is 2.36. The number of benzene rings is 1. The summed E-state index contributed by atoms with van der Waals surface area (Å²) < 4.78 is 5.96. The van der Waals surface area contributed by atoms with Crippen molar-refractivity contribution in [3.63, 3.8) is 0 Å². The van der Waals surface area contributed by atoms with Crippen molar-refractivity contribution in [1.82, 2.24) is 5.32 Å². The molecule has 0 spiro atoms. The first-order chi connectivity index (χ1) is 9.77. The molecule has 0 bridgehead atoms. The number of nitrogens with one attached hydrogen (secondary N) is 1. The van der Waals surface area contributed by atoms with Crippen LogP contribution in [0.3, 0.4) is 0 Å². The van der Waals surface area contributed by atoms with Crippen LogP contribution in [0.2, 0.25) is 5.02 Å². The summed E-state index contributed by atoms with van der Waals surface area (Å²) in [5, 5.41) is 4.23. The van der Waals surface area contributed by atoms with Crippen LogP contribution in [0.1, 0.15) is 40.2 Å². The lowest BCUT2D eigenvalue weighted by Crippen LogP contribution is -2.52. The van der Waals surface area contributed by atoms with Gasteiger partial charge < -0.3 is 15.0 Å². The van der Waals surface area contributed by atoms with Gasteiger partial charge in [0.25, 0.3) is 0 Å². The van der Waals surface area contributed by atoms with Gasteiger partial charge in [0.15, 0.2) is 0 Å². The molecule has 0 saturated carbocycles. The zero-order chi connectivity index (χ0) is 15.6. The molecule has 1 heterocycles. The maximum absolute atomic E-state index is 6.44. The minimum atomic E-state index is -0.123. The summed E-state index contributed by atoms with van der Waals surface area (Å²) in [6, 6.07) is 6.83. The molecule has 1 fully saturated rings. The van der Waals surface area contributed by atoms with Crippen LogP contribution in [-0.2, 0) is 11.3 Å². The van der Waals surface area contributed by atoms with E-state index in [1.165, 1.54) is 5.69 Å². The monoisotopic (exact) mass is 310 g/mol. The van der Waals surface area contributed by atoms with E-state index in [1.807, 2.05) is 0 Å². The van der Waals surface area contributed by atoms with Gasteiger partial charge in [-0.15, -0.1) is 0 Å². The second-order valence-corrected chi connectivity index (χ2v) is 7.29. The van der Waals surface area contributed by atoms with Gasteiger partial charge in [-0.05, 0) is 38.5 Å². The summed E-state index contributed by atoms with van der Waals surface area (Å²) in [6.07, 6.45) is 0.231. The number of ether oxygens (including phenoxy) is 1. The van der Waals surface area contributed by atoms with Gasteiger partial charge in [-0.1, -0.05) is 31.5 Å². The number of anilines is 1. The van der Waals surface area contributed by atoms with Crippen molar-refractivity contribution in [2.24, 2.45) is 0 Å². The Labute approximate surface area is 133 Å². The Morgan fingerprint density at radius 2 is 2.14 bits per heavy atom. The van der Waals surface area contributed by atoms with Crippen molar-refractivity contribution in [1.29, 1.82) is 0 Å². The molecule has 1 aromatic carbocycles. The van der Waals surface area contributed by atoms with Gasteiger partial charge in [-0.3, -0.25) is 0 Å². The first-order valence-electron chi connectivity index (χ1n) is 7.71. The molecule has 0 amide bonds. The third-order valence-electron chi connectivity index (χ3n) is 3.67. The van der Waals surface area contributed by atoms with Gasteiger partial charge in [0.2, 0.25) is 0 Å². The van der Waals surface area contributed by atoms with Crippen molar-refractivity contribution < 1.29 is 4.74 Å². The normalized spacial score (nSPS) is 21.9. The number of rotatable bonds is 4. The summed E-state index contributed by atoms with van der Waals surface area (Å²) in [7, 11) is 0. The molecule has 2 rings (SSSR count). The van der Waals surface area contributed by atoms with Crippen LogP contribution in [0.15, 0.2) is 18.2 Å². The fraction of sp³-hybridized carbons (Fsp3) is 0.647. The Morgan fingerprint density at radius 3 is 2.71 bits per heavy atom. The third-order valence-corrected chi connectivity index (χ3v) is 4.02. The molecular formula is C17H27ClN2O. The minimum absolute atomic E-state index is 0.123. The van der Waals surface area contributed by atoms with Gasteiger partial charge in [0.1, 0.15) is 0 Å². The van der Waals surface area contributed by atoms with Crippen molar-refractivity contribution in [2.75, 3.05) is 18.0 Å². The highest BCUT2D eigenvalue weighted by Gasteiger charge is 2.31. The molecule has 3 nitrogen and oxygen atoms in total. The molecule has 0 aromatic heterocycles. The predicted molar refractivity (Wildman–Crippen MR) is 90.3 cm³/mol. The maximum atomic E-state index is 6.44. The topological polar surface area (TPSA) is 24.5 Å². The van der Waals surface area contributed by atoms with E-state index in [2.05, 4.69) is 63.0 Å². The van der Waals surface area contributed by atoms with Crippen LogP contribution in [0, 0.1) is 0 Å². The van der Waals surface area contributed by atoms with Crippen LogP contribution in [-0.4, -0.2) is 30.8 Å². The molecule has 0 aliphatic carbocycles. The van der Waals surface area contributed by atoms with Crippen LogP contribution in [0.5, 0.6) is 0 Å². The summed E-state index contributed by atoms with van der Waals surface area (Å²) >= 11 is 6.44. The molecule has 1 saturated heterocycles. The molecule has 1 atom stereocenters. The number of hydrogen-bond donors (Lipinski definition) is 1. The van der Waals surface area contributed by atoms with Crippen molar-refractivity contribution >= 4 is 17.3 Å². The van der Waals surface area contributed by atoms with E-state index in [4.69, 9.17) is 16.3 Å². The van der Waals surface area contributed by atoms with Gasteiger partial charge in [0, 0.05) is 36.4 Å². The van der Waals surface area contributed by atoms with Crippen LogP contribution < -0.4 is 10.2 Å². The molecule has 118 valence electrons. The standard InChI is InChI=1S/C17H27ClN2O/c1-12(2)19-9-14-6-7-15(8-16(14)18)20-10-13(3)21-17(4,5)11-20/h6-8,12-13,19H,9-11H2,1-5H3. The SMILES string of the molecule is CC(C)NCc1ccc(N2CC(C)OC(C)(C)C2)cc1Cl. The average molecular weight is 311 g/mol. The van der Waals surface area contributed by atoms with E-state index in [0.29, 0.717) is 6.04 Å². The van der Waals surface area contributed by atoms with Gasteiger partial charge >= 0.3 is 0 Å². The van der Waals surface area contributed by atoms with Gasteiger partial charge in [-0.2, -0.15) is 0 Å². The summed E-state index contributed by atoms with van der Waals surface area (Å²) in [5.41, 5.74) is 2.20. The van der Waals surface area contributed by atoms with E-state index in [-0.39, 0.29) is 11.7 Å². The highest BCUT2D eigenvalue weighted by Crippen LogP contribution is 2.29. The zero-order valence-electron chi connectivity index (χ0n) is 13.7. The molecule has 1 N–H and O–H groups in total. The molecule has 1 aliphatic rings. The van der Waals surface area contributed by atoms with E-state index in [0.717, 1.165) is 30.2 Å². The smallest absolute Gasteiger partial charge is 0.0805 e. The van der Waals surface area contributed by atoms with Crippen molar-refractivity contribution in [3.8, 4) is 0 Å². The molecular weight excluding hydrogens is 284 g/mol. The lowest BCUT2D eigenvalue weighted by molar-refractivity contribution is -0.0749. The predicted octanol–water partition coefficient (Wildman–Crippen LogP) is 3.84. The number of nitrogens with zero attached hydrogens (tertiary/aromatic N) is 1. The van der Waals surface area contributed by atoms with E-state index >= 15 is 0 Å². The van der Waals surface area contributed by atoms with Gasteiger partial charge in [0.05, 0.1) is 11.7 Å². The largest absolute Gasteiger partial charge is 0.369 e. The second-order valence-electron chi connectivity index (χ2n) is 6.88. The Morgan fingerprint density at radius 1 is 1.43 bits per heavy atom. The maximum Gasteiger partial charge on any atom is 0.0805 e. The van der Waals surface area contributed by atoms with Crippen LogP contribution in [0.4, 0.5) is 5.69 Å². The Bertz CT molecular complexity index is 488. The molecule has 0 radical (unpaired) electrons. The summed E-state index contributed by atoms with van der Waals surface area (Å²) in [5.74, 6) is 0. The number of hydrogen-bond acceptors (Lipinski definition) is 3. The van der Waals surface area contributed by atoms with Crippen LogP contribution >= 0.6 is 11.6 Å². The fourth-order valence-corrected chi connectivity index (χ4v) is 3.08. The molecule has 4 heteroatoms.